The van der Waals surface area contributed by atoms with Crippen molar-refractivity contribution in [3.63, 3.8) is 0 Å². The van der Waals surface area contributed by atoms with Gasteiger partial charge in [-0.2, -0.15) is 0 Å². The molecule has 2 saturated heterocycles. The van der Waals surface area contributed by atoms with E-state index in [1.807, 2.05) is 0 Å². The summed E-state index contributed by atoms with van der Waals surface area (Å²) in [6, 6.07) is 7.02. The predicted molar refractivity (Wildman–Crippen MR) is 115 cm³/mol. The largest absolute Gasteiger partial charge is 0.490 e. The molecule has 1 N–H and O–H groups in total. The summed E-state index contributed by atoms with van der Waals surface area (Å²) in [6.45, 7) is 2.57. The van der Waals surface area contributed by atoms with Crippen LogP contribution in [0.4, 0.5) is 0 Å². The molecule has 2 aliphatic rings. The van der Waals surface area contributed by atoms with Crippen LogP contribution in [0.15, 0.2) is 24.3 Å². The van der Waals surface area contributed by atoms with Gasteiger partial charge < -0.3 is 19.3 Å². The van der Waals surface area contributed by atoms with Gasteiger partial charge in [0, 0.05) is 50.0 Å². The summed E-state index contributed by atoms with van der Waals surface area (Å²) < 4.78 is 36.3. The Morgan fingerprint density at radius 2 is 1.81 bits per heavy atom. The molecule has 1 aromatic rings. The number of nitrogens with zero attached hydrogens (tertiary/aromatic N) is 2. The lowest BCUT2D eigenvalue weighted by atomic mass is 9.90. The fraction of sp³-hybridized carbons (Fsp3) is 0.600. The third-order valence-electron chi connectivity index (χ3n) is 5.40. The highest BCUT2D eigenvalue weighted by Crippen LogP contribution is 2.27. The first-order chi connectivity index (χ1) is 14.7. The van der Waals surface area contributed by atoms with Crippen molar-refractivity contribution in [1.29, 1.82) is 0 Å². The first-order valence-corrected chi connectivity index (χ1v) is 12.5. The number of hydrogen-bond donors (Lipinski definition) is 1. The normalized spacial score (nSPS) is 22.3. The number of benzene rings is 1. The van der Waals surface area contributed by atoms with Gasteiger partial charge in [-0.25, -0.2) is 13.1 Å². The number of carbonyl (C=O) groups is 2. The lowest BCUT2D eigenvalue weighted by molar-refractivity contribution is -0.141. The van der Waals surface area contributed by atoms with E-state index in [1.54, 1.807) is 34.1 Å². The number of morpholine rings is 1. The first kappa shape index (κ1) is 23.8. The molecule has 2 atom stereocenters. The van der Waals surface area contributed by atoms with Crippen LogP contribution in [-0.2, 0) is 24.3 Å². The summed E-state index contributed by atoms with van der Waals surface area (Å²) >= 11 is 5.94. The highest BCUT2D eigenvalue weighted by atomic mass is 35.5. The Morgan fingerprint density at radius 1 is 1.13 bits per heavy atom. The number of amides is 2. The van der Waals surface area contributed by atoms with E-state index in [9.17, 15) is 18.0 Å². The molecule has 0 radical (unpaired) electrons. The van der Waals surface area contributed by atoms with Crippen molar-refractivity contribution in [2.24, 2.45) is 5.92 Å². The lowest BCUT2D eigenvalue weighted by Crippen LogP contribution is -2.52. The number of sulfonamides is 1. The van der Waals surface area contributed by atoms with Gasteiger partial charge in [-0.1, -0.05) is 11.6 Å². The minimum absolute atomic E-state index is 0.00145. The van der Waals surface area contributed by atoms with E-state index in [4.69, 9.17) is 21.1 Å². The minimum atomic E-state index is -3.47. The Hall–Kier alpha value is -1.88. The number of carbonyl (C=O) groups excluding carboxylic acids is 2. The van der Waals surface area contributed by atoms with Gasteiger partial charge in [-0.3, -0.25) is 9.59 Å². The maximum atomic E-state index is 12.8. The van der Waals surface area contributed by atoms with Crippen molar-refractivity contribution >= 4 is 33.4 Å². The highest BCUT2D eigenvalue weighted by molar-refractivity contribution is 7.88. The van der Waals surface area contributed by atoms with E-state index in [2.05, 4.69) is 4.72 Å². The van der Waals surface area contributed by atoms with Gasteiger partial charge in [0.15, 0.2) is 0 Å². The third-order valence-corrected chi connectivity index (χ3v) is 6.32. The van der Waals surface area contributed by atoms with Crippen molar-refractivity contribution in [3.8, 4) is 5.75 Å². The summed E-state index contributed by atoms with van der Waals surface area (Å²) in [5, 5.41) is 0.602. The van der Waals surface area contributed by atoms with Crippen LogP contribution >= 0.6 is 11.6 Å². The maximum Gasteiger partial charge on any atom is 0.237 e. The zero-order valence-corrected chi connectivity index (χ0v) is 19.0. The van der Waals surface area contributed by atoms with Crippen LogP contribution in [0.2, 0.25) is 5.02 Å². The predicted octanol–water partition coefficient (Wildman–Crippen LogP) is 0.734. The van der Waals surface area contributed by atoms with Crippen LogP contribution in [0.1, 0.15) is 12.8 Å². The number of nitrogens with one attached hydrogen (secondary N) is 1. The molecule has 9 nitrogen and oxygen atoms in total. The summed E-state index contributed by atoms with van der Waals surface area (Å²) in [5.41, 5.74) is 0. The number of piperidine rings is 1. The van der Waals surface area contributed by atoms with E-state index in [0.717, 1.165) is 6.26 Å². The Bertz CT molecular complexity index is 873. The standard InChI is InChI=1S/C20H28ClN3O6S/c1-31(27,28)22-13-20(26)24-7-6-18(30-17-4-2-16(21)3-5-17)15(14-24)12-19(25)23-8-10-29-11-9-23/h2-5,15,18,22H,6-14H2,1H3/t15-,18-/m0/s1. The molecule has 11 heteroatoms. The molecule has 2 fully saturated rings. The van der Waals surface area contributed by atoms with E-state index in [-0.39, 0.29) is 36.8 Å². The average molecular weight is 474 g/mol. The molecule has 2 heterocycles. The number of likely N-dealkylation sites (tertiary alicyclic amines) is 1. The van der Waals surface area contributed by atoms with E-state index in [0.29, 0.717) is 56.6 Å². The van der Waals surface area contributed by atoms with E-state index >= 15 is 0 Å². The van der Waals surface area contributed by atoms with E-state index < -0.39 is 10.0 Å². The summed E-state index contributed by atoms with van der Waals surface area (Å²) in [5.74, 6) is 0.111. The first-order valence-electron chi connectivity index (χ1n) is 10.2. The summed E-state index contributed by atoms with van der Waals surface area (Å²) in [4.78, 5) is 28.7. The molecule has 3 rings (SSSR count). The second kappa shape index (κ2) is 10.6. The summed E-state index contributed by atoms with van der Waals surface area (Å²) in [6.07, 6.45) is 1.53. The van der Waals surface area contributed by atoms with Crippen LogP contribution in [0.3, 0.4) is 0 Å². The number of rotatable bonds is 7. The molecule has 0 aromatic heterocycles. The number of hydrogen-bond acceptors (Lipinski definition) is 6. The number of ether oxygens (including phenoxy) is 2. The quantitative estimate of drug-likeness (QED) is 0.626. The fourth-order valence-electron chi connectivity index (χ4n) is 3.75. The van der Waals surface area contributed by atoms with Crippen LogP contribution in [0, 0.1) is 5.92 Å². The van der Waals surface area contributed by atoms with Crippen molar-refractivity contribution in [1.82, 2.24) is 14.5 Å². The number of halogens is 1. The zero-order chi connectivity index (χ0) is 22.4. The molecule has 0 unspecified atom stereocenters. The Morgan fingerprint density at radius 3 is 2.45 bits per heavy atom. The van der Waals surface area contributed by atoms with Crippen molar-refractivity contribution in [2.75, 3.05) is 52.2 Å². The molecule has 31 heavy (non-hydrogen) atoms. The minimum Gasteiger partial charge on any atom is -0.490 e. The molecule has 0 saturated carbocycles. The van der Waals surface area contributed by atoms with Crippen molar-refractivity contribution < 1.29 is 27.5 Å². The van der Waals surface area contributed by atoms with Gasteiger partial charge in [0.2, 0.25) is 21.8 Å². The lowest BCUT2D eigenvalue weighted by Gasteiger charge is -2.39. The topological polar surface area (TPSA) is 105 Å². The fourth-order valence-corrected chi connectivity index (χ4v) is 4.26. The molecule has 2 amide bonds. The van der Waals surface area contributed by atoms with Gasteiger partial charge in [0.25, 0.3) is 0 Å². The SMILES string of the molecule is CS(=O)(=O)NCC(=O)N1CC[C@H](Oc2ccc(Cl)cc2)[C@@H](CC(=O)N2CCOCC2)C1. The Kier molecular flexibility index (Phi) is 8.15. The second-order valence-corrected chi connectivity index (χ2v) is 10.1. The maximum absolute atomic E-state index is 12.8. The zero-order valence-electron chi connectivity index (χ0n) is 17.5. The molecule has 172 valence electrons. The monoisotopic (exact) mass is 473 g/mol. The van der Waals surface area contributed by atoms with Crippen molar-refractivity contribution in [2.45, 2.75) is 18.9 Å². The summed E-state index contributed by atoms with van der Waals surface area (Å²) in [7, 11) is -3.47. The molecular formula is C20H28ClN3O6S. The molecule has 0 bridgehead atoms. The van der Waals surface area contributed by atoms with Crippen LogP contribution < -0.4 is 9.46 Å². The van der Waals surface area contributed by atoms with Crippen LogP contribution in [0.5, 0.6) is 5.75 Å². The van der Waals surface area contributed by atoms with Gasteiger partial charge in [0.1, 0.15) is 11.9 Å². The second-order valence-electron chi connectivity index (χ2n) is 7.79. The van der Waals surface area contributed by atoms with Gasteiger partial charge >= 0.3 is 0 Å². The Labute approximate surface area is 187 Å². The van der Waals surface area contributed by atoms with E-state index in [1.165, 1.54) is 0 Å². The molecule has 2 aliphatic heterocycles. The highest BCUT2D eigenvalue weighted by Gasteiger charge is 2.35. The van der Waals surface area contributed by atoms with Gasteiger partial charge in [-0.15, -0.1) is 0 Å². The smallest absolute Gasteiger partial charge is 0.237 e. The molecule has 0 spiro atoms. The average Bonchev–Trinajstić information content (AvgIpc) is 2.75. The van der Waals surface area contributed by atoms with Gasteiger partial charge in [-0.05, 0) is 24.3 Å². The third kappa shape index (κ3) is 7.34. The molecule has 1 aromatic carbocycles. The van der Waals surface area contributed by atoms with Crippen molar-refractivity contribution in [3.05, 3.63) is 29.3 Å². The van der Waals surface area contributed by atoms with Crippen LogP contribution in [0.25, 0.3) is 0 Å². The van der Waals surface area contributed by atoms with Crippen LogP contribution in [-0.4, -0.2) is 88.3 Å². The van der Waals surface area contributed by atoms with Gasteiger partial charge in [0.05, 0.1) is 26.0 Å². The molecular weight excluding hydrogens is 446 g/mol. The molecule has 0 aliphatic carbocycles. The Balaban J connectivity index is 1.68.